The van der Waals surface area contributed by atoms with Crippen LogP contribution in [0.3, 0.4) is 0 Å². The summed E-state index contributed by atoms with van der Waals surface area (Å²) in [6, 6.07) is 20.2. The van der Waals surface area contributed by atoms with Crippen molar-refractivity contribution in [3.05, 3.63) is 71.8 Å². The van der Waals surface area contributed by atoms with Crippen LogP contribution in [0.5, 0.6) is 0 Å². The van der Waals surface area contributed by atoms with Crippen molar-refractivity contribution in [2.24, 2.45) is 0 Å². The number of carbonyl (C=O) groups is 2. The number of aliphatic carboxylic acids is 1. The quantitative estimate of drug-likeness (QED) is 0.772. The van der Waals surface area contributed by atoms with Gasteiger partial charge in [-0.2, -0.15) is 0 Å². The van der Waals surface area contributed by atoms with Crippen LogP contribution in [0.1, 0.15) is 29.9 Å². The van der Waals surface area contributed by atoms with Gasteiger partial charge in [-0.1, -0.05) is 60.7 Å². The molecule has 1 amide bonds. The molecule has 22 heavy (non-hydrogen) atoms. The molecule has 0 unspecified atom stereocenters. The van der Waals surface area contributed by atoms with Crippen LogP contribution in [0.25, 0.3) is 0 Å². The Balaban J connectivity index is 2.03. The molecule has 2 aromatic carbocycles. The van der Waals surface area contributed by atoms with Gasteiger partial charge in [0.05, 0.1) is 0 Å². The van der Waals surface area contributed by atoms with Gasteiger partial charge in [0.25, 0.3) is 0 Å². The van der Waals surface area contributed by atoms with Gasteiger partial charge in [0, 0.05) is 12.5 Å². The molecule has 114 valence electrons. The topological polar surface area (TPSA) is 66.4 Å². The van der Waals surface area contributed by atoms with E-state index in [4.69, 9.17) is 5.11 Å². The van der Waals surface area contributed by atoms with Crippen molar-refractivity contribution in [2.45, 2.75) is 18.8 Å². The van der Waals surface area contributed by atoms with E-state index in [1.807, 2.05) is 36.4 Å². The van der Waals surface area contributed by atoms with Gasteiger partial charge in [-0.05, 0) is 17.5 Å². The van der Waals surface area contributed by atoms with Gasteiger partial charge in [-0.3, -0.25) is 9.59 Å². The average Bonchev–Trinajstić information content (AvgIpc) is 2.52. The highest BCUT2D eigenvalue weighted by molar-refractivity contribution is 5.93. The third-order valence-corrected chi connectivity index (χ3v) is 3.47. The maximum atomic E-state index is 11.4. The number of nitrogens with one attached hydrogen (secondary N) is 1. The zero-order valence-electron chi connectivity index (χ0n) is 12.2. The fraction of sp³-hybridized carbons (Fsp3) is 0.222. The summed E-state index contributed by atoms with van der Waals surface area (Å²) in [7, 11) is 0. The second-order valence-corrected chi connectivity index (χ2v) is 5.08. The van der Waals surface area contributed by atoms with Crippen LogP contribution >= 0.6 is 0 Å². The summed E-state index contributed by atoms with van der Waals surface area (Å²) in [5, 5.41) is 11.3. The third kappa shape index (κ3) is 4.74. The molecule has 0 fully saturated rings. The maximum absolute atomic E-state index is 11.4. The lowest BCUT2D eigenvalue weighted by molar-refractivity contribution is -0.140. The van der Waals surface area contributed by atoms with Crippen LogP contribution < -0.4 is 5.32 Å². The van der Waals surface area contributed by atoms with Crippen molar-refractivity contribution in [1.29, 1.82) is 0 Å². The maximum Gasteiger partial charge on any atom is 0.312 e. The second kappa shape index (κ2) is 7.98. The molecule has 4 heteroatoms. The van der Waals surface area contributed by atoms with E-state index < -0.39 is 18.3 Å². The minimum absolute atomic E-state index is 0.174. The zero-order chi connectivity index (χ0) is 15.8. The highest BCUT2D eigenvalue weighted by atomic mass is 16.4. The molecule has 0 aliphatic heterocycles. The van der Waals surface area contributed by atoms with Gasteiger partial charge in [0.1, 0.15) is 6.42 Å². The summed E-state index contributed by atoms with van der Waals surface area (Å²) < 4.78 is 0. The average molecular weight is 297 g/mol. The number of hydrogen-bond acceptors (Lipinski definition) is 2. The Morgan fingerprint density at radius 1 is 0.909 bits per heavy atom. The minimum atomic E-state index is -1.11. The number of carbonyl (C=O) groups excluding carboxylic acids is 1. The molecule has 0 aromatic heterocycles. The van der Waals surface area contributed by atoms with Gasteiger partial charge in [-0.15, -0.1) is 0 Å². The van der Waals surface area contributed by atoms with Gasteiger partial charge in [0.15, 0.2) is 0 Å². The largest absolute Gasteiger partial charge is 0.481 e. The number of amides is 1. The van der Waals surface area contributed by atoms with Crippen molar-refractivity contribution in [3.8, 4) is 0 Å². The van der Waals surface area contributed by atoms with Crippen LogP contribution in [-0.2, 0) is 9.59 Å². The van der Waals surface area contributed by atoms with Gasteiger partial charge in [-0.25, -0.2) is 0 Å². The highest BCUT2D eigenvalue weighted by Crippen LogP contribution is 2.27. The molecule has 0 radical (unpaired) electrons. The van der Waals surface area contributed by atoms with Crippen LogP contribution in [0.4, 0.5) is 0 Å². The minimum Gasteiger partial charge on any atom is -0.481 e. The Morgan fingerprint density at radius 3 is 1.86 bits per heavy atom. The first-order valence-corrected chi connectivity index (χ1v) is 7.25. The van der Waals surface area contributed by atoms with Gasteiger partial charge in [0.2, 0.25) is 5.91 Å². The molecule has 0 saturated carbocycles. The molecular weight excluding hydrogens is 278 g/mol. The van der Waals surface area contributed by atoms with E-state index in [2.05, 4.69) is 29.6 Å². The molecule has 2 rings (SSSR count). The molecule has 0 aliphatic carbocycles. The van der Waals surface area contributed by atoms with Crippen molar-refractivity contribution in [1.82, 2.24) is 5.32 Å². The first-order valence-electron chi connectivity index (χ1n) is 7.25. The Bertz CT molecular complexity index is 571. The summed E-state index contributed by atoms with van der Waals surface area (Å²) in [4.78, 5) is 21.9. The van der Waals surface area contributed by atoms with Crippen LogP contribution in [0.15, 0.2) is 60.7 Å². The number of hydrogen-bond donors (Lipinski definition) is 2. The number of carboxylic acid groups (broad SMARTS) is 1. The molecule has 0 aliphatic rings. The van der Waals surface area contributed by atoms with E-state index in [9.17, 15) is 9.59 Å². The van der Waals surface area contributed by atoms with Gasteiger partial charge >= 0.3 is 5.97 Å². The molecule has 2 N–H and O–H groups in total. The standard InChI is InChI=1S/C18H19NO3/c20-17(13-18(21)22)19-12-11-16(14-7-3-1-4-8-14)15-9-5-2-6-10-15/h1-10,16H,11-13H2,(H,19,20)(H,21,22). The Morgan fingerprint density at radius 2 is 1.41 bits per heavy atom. The Kier molecular flexibility index (Phi) is 5.72. The van der Waals surface area contributed by atoms with E-state index in [0.29, 0.717) is 6.54 Å². The molecule has 0 heterocycles. The number of benzene rings is 2. The summed E-state index contributed by atoms with van der Waals surface area (Å²) >= 11 is 0. The SMILES string of the molecule is O=C(O)CC(=O)NCCC(c1ccccc1)c1ccccc1. The first-order chi connectivity index (χ1) is 10.7. The summed E-state index contributed by atoms with van der Waals surface area (Å²) in [5.41, 5.74) is 2.36. The lowest BCUT2D eigenvalue weighted by atomic mass is 9.88. The summed E-state index contributed by atoms with van der Waals surface area (Å²) in [6.07, 6.45) is 0.237. The van der Waals surface area contributed by atoms with Crippen molar-refractivity contribution in [3.63, 3.8) is 0 Å². The lowest BCUT2D eigenvalue weighted by Crippen LogP contribution is -2.27. The molecule has 4 nitrogen and oxygen atoms in total. The van der Waals surface area contributed by atoms with E-state index in [-0.39, 0.29) is 5.92 Å². The summed E-state index contributed by atoms with van der Waals surface area (Å²) in [5.74, 6) is -1.39. The van der Waals surface area contributed by atoms with Crippen molar-refractivity contribution >= 4 is 11.9 Å². The first kappa shape index (κ1) is 15.8. The highest BCUT2D eigenvalue weighted by Gasteiger charge is 2.14. The zero-order valence-corrected chi connectivity index (χ0v) is 12.2. The molecule has 2 aromatic rings. The monoisotopic (exact) mass is 297 g/mol. The predicted octanol–water partition coefficient (Wildman–Crippen LogP) is 2.80. The normalized spacial score (nSPS) is 10.4. The van der Waals surface area contributed by atoms with E-state index in [1.54, 1.807) is 0 Å². The Hall–Kier alpha value is -2.62. The molecule has 0 bridgehead atoms. The molecule has 0 saturated heterocycles. The smallest absolute Gasteiger partial charge is 0.312 e. The van der Waals surface area contributed by atoms with Gasteiger partial charge < -0.3 is 10.4 Å². The molecule has 0 spiro atoms. The van der Waals surface area contributed by atoms with Crippen LogP contribution in [0, 0.1) is 0 Å². The molecular formula is C18H19NO3. The van der Waals surface area contributed by atoms with Crippen LogP contribution in [-0.4, -0.2) is 23.5 Å². The third-order valence-electron chi connectivity index (χ3n) is 3.47. The number of carboxylic acids is 1. The lowest BCUT2D eigenvalue weighted by Gasteiger charge is -2.18. The fourth-order valence-corrected chi connectivity index (χ4v) is 2.45. The fourth-order valence-electron chi connectivity index (χ4n) is 2.45. The van der Waals surface area contributed by atoms with E-state index in [0.717, 1.165) is 6.42 Å². The second-order valence-electron chi connectivity index (χ2n) is 5.08. The summed E-state index contributed by atoms with van der Waals surface area (Å²) in [6.45, 7) is 0.445. The van der Waals surface area contributed by atoms with Crippen molar-refractivity contribution in [2.75, 3.05) is 6.54 Å². The molecule has 0 atom stereocenters. The van der Waals surface area contributed by atoms with E-state index in [1.165, 1.54) is 11.1 Å². The van der Waals surface area contributed by atoms with Crippen LogP contribution in [0.2, 0.25) is 0 Å². The Labute approximate surface area is 129 Å². The van der Waals surface area contributed by atoms with E-state index >= 15 is 0 Å². The van der Waals surface area contributed by atoms with Crippen molar-refractivity contribution < 1.29 is 14.7 Å². The predicted molar refractivity (Wildman–Crippen MR) is 84.6 cm³/mol. The number of rotatable bonds is 7.